The van der Waals surface area contributed by atoms with E-state index in [2.05, 4.69) is 10.4 Å². The number of aromatic nitrogens is 2. The monoisotopic (exact) mass is 491 g/mol. The van der Waals surface area contributed by atoms with Crippen LogP contribution in [0, 0.1) is 0 Å². The molecular weight excluding hydrogens is 469 g/mol. The summed E-state index contributed by atoms with van der Waals surface area (Å²) in [4.78, 5) is 23.9. The van der Waals surface area contributed by atoms with Crippen LogP contribution in [0.1, 0.15) is 31.3 Å². The van der Waals surface area contributed by atoms with Crippen LogP contribution in [0.2, 0.25) is 10.0 Å². The van der Waals surface area contributed by atoms with Crippen molar-refractivity contribution in [3.63, 3.8) is 0 Å². The number of hydrogen-bond acceptors (Lipinski definition) is 5. The van der Waals surface area contributed by atoms with Gasteiger partial charge in [0.05, 0.1) is 17.3 Å². The third kappa shape index (κ3) is 6.18. The van der Waals surface area contributed by atoms with Crippen molar-refractivity contribution in [1.82, 2.24) is 15.1 Å². The minimum atomic E-state index is -1.27. The molecule has 0 aliphatic carbocycles. The van der Waals surface area contributed by atoms with Gasteiger partial charge in [0, 0.05) is 10.6 Å². The highest BCUT2D eigenvalue weighted by molar-refractivity contribution is 6.32. The molecule has 1 amide bonds. The van der Waals surface area contributed by atoms with Crippen molar-refractivity contribution in [1.29, 1.82) is 0 Å². The number of carboxylic acid groups (broad SMARTS) is 1. The second-order valence-electron chi connectivity index (χ2n) is 7.98. The number of rotatable bonds is 7. The van der Waals surface area contributed by atoms with E-state index in [0.29, 0.717) is 27.0 Å². The van der Waals surface area contributed by atoms with Gasteiger partial charge in [0.1, 0.15) is 17.9 Å². The number of halogens is 2. The molecule has 10 heteroatoms. The highest BCUT2D eigenvalue weighted by Gasteiger charge is 2.27. The number of ether oxygens (including phenoxy) is 2. The number of aromatic carboxylic acids is 1. The highest BCUT2D eigenvalue weighted by atomic mass is 35.5. The molecule has 3 aromatic rings. The van der Waals surface area contributed by atoms with Crippen LogP contribution >= 0.6 is 23.2 Å². The quantitative estimate of drug-likeness (QED) is 0.426. The Labute approximate surface area is 201 Å². The first-order valence-electron chi connectivity index (χ1n) is 10.0. The molecule has 0 spiro atoms. The number of alkyl carbamates (subject to hydrolysis) is 1. The number of nitrogens with one attached hydrogen (secondary N) is 1. The molecule has 174 valence electrons. The van der Waals surface area contributed by atoms with Crippen LogP contribution in [0.5, 0.6) is 5.75 Å². The lowest BCUT2D eigenvalue weighted by Crippen LogP contribution is -2.34. The largest absolute Gasteiger partial charge is 0.487 e. The maximum atomic E-state index is 12.0. The van der Waals surface area contributed by atoms with Crippen LogP contribution in [0.15, 0.2) is 48.5 Å². The third-order valence-corrected chi connectivity index (χ3v) is 4.83. The first-order chi connectivity index (χ1) is 15.6. The van der Waals surface area contributed by atoms with Crippen molar-refractivity contribution in [2.24, 2.45) is 0 Å². The van der Waals surface area contributed by atoms with E-state index in [-0.39, 0.29) is 24.6 Å². The maximum Gasteiger partial charge on any atom is 0.407 e. The minimum Gasteiger partial charge on any atom is -0.487 e. The number of carboxylic acids is 1. The van der Waals surface area contributed by atoms with Crippen LogP contribution in [0.3, 0.4) is 0 Å². The maximum absolute atomic E-state index is 12.0. The summed E-state index contributed by atoms with van der Waals surface area (Å²) < 4.78 is 12.4. The van der Waals surface area contributed by atoms with Crippen molar-refractivity contribution in [2.45, 2.75) is 26.4 Å². The lowest BCUT2D eigenvalue weighted by molar-refractivity contribution is 0.0518. The molecule has 2 N–H and O–H groups in total. The summed E-state index contributed by atoms with van der Waals surface area (Å²) in [6.45, 7) is 5.33. The van der Waals surface area contributed by atoms with E-state index >= 15 is 0 Å². The van der Waals surface area contributed by atoms with Crippen molar-refractivity contribution in [3.8, 4) is 22.7 Å². The zero-order chi connectivity index (χ0) is 24.2. The van der Waals surface area contributed by atoms with E-state index in [4.69, 9.17) is 32.7 Å². The molecular formula is C23H23Cl2N3O5. The average molecular weight is 492 g/mol. The van der Waals surface area contributed by atoms with E-state index < -0.39 is 17.7 Å². The zero-order valence-electron chi connectivity index (χ0n) is 18.3. The number of hydrogen-bond donors (Lipinski definition) is 2. The lowest BCUT2D eigenvalue weighted by atomic mass is 10.1. The smallest absolute Gasteiger partial charge is 0.407 e. The lowest BCUT2D eigenvalue weighted by Gasteiger charge is -2.19. The normalized spacial score (nSPS) is 11.2. The van der Waals surface area contributed by atoms with Crippen LogP contribution in [0.4, 0.5) is 4.79 Å². The van der Waals surface area contributed by atoms with Crippen molar-refractivity contribution < 1.29 is 24.2 Å². The third-order valence-electron chi connectivity index (χ3n) is 4.26. The molecule has 0 saturated heterocycles. The zero-order valence-corrected chi connectivity index (χ0v) is 19.8. The molecule has 0 aliphatic rings. The SMILES string of the molecule is CC(C)(C)OC(=O)NCCOc1c(C(=O)O)nn(-c2ccccc2Cl)c1-c1ccc(Cl)cc1. The van der Waals surface area contributed by atoms with Gasteiger partial charge in [-0.15, -0.1) is 0 Å². The summed E-state index contributed by atoms with van der Waals surface area (Å²) in [7, 11) is 0. The van der Waals surface area contributed by atoms with Gasteiger partial charge in [-0.25, -0.2) is 14.3 Å². The Morgan fingerprint density at radius 1 is 1.09 bits per heavy atom. The van der Waals surface area contributed by atoms with E-state index in [1.54, 1.807) is 69.3 Å². The van der Waals surface area contributed by atoms with Gasteiger partial charge in [-0.1, -0.05) is 47.5 Å². The molecule has 0 aliphatic heterocycles. The van der Waals surface area contributed by atoms with E-state index in [1.165, 1.54) is 4.68 Å². The van der Waals surface area contributed by atoms with Gasteiger partial charge in [-0.2, -0.15) is 5.10 Å². The minimum absolute atomic E-state index is 0.0195. The second kappa shape index (κ2) is 10.1. The summed E-state index contributed by atoms with van der Waals surface area (Å²) in [6.07, 6.45) is -0.603. The predicted octanol–water partition coefficient (Wildman–Crippen LogP) is 5.45. The fraction of sp³-hybridized carbons (Fsp3) is 0.261. The second-order valence-corrected chi connectivity index (χ2v) is 8.82. The Bertz CT molecular complexity index is 1150. The Balaban J connectivity index is 1.97. The molecule has 0 fully saturated rings. The molecule has 1 aromatic heterocycles. The number of benzene rings is 2. The molecule has 1 heterocycles. The molecule has 0 saturated carbocycles. The summed E-state index contributed by atoms with van der Waals surface area (Å²) in [5.74, 6) is -1.23. The number of carbonyl (C=O) groups is 2. The van der Waals surface area contributed by atoms with Crippen LogP contribution in [0.25, 0.3) is 16.9 Å². The summed E-state index contributed by atoms with van der Waals surface area (Å²) >= 11 is 12.4. The van der Waals surface area contributed by atoms with Gasteiger partial charge in [0.2, 0.25) is 5.69 Å². The predicted molar refractivity (Wildman–Crippen MR) is 126 cm³/mol. The molecule has 2 aromatic carbocycles. The Kier molecular flexibility index (Phi) is 7.50. The van der Waals surface area contributed by atoms with E-state index in [9.17, 15) is 14.7 Å². The van der Waals surface area contributed by atoms with Crippen LogP contribution in [-0.2, 0) is 4.74 Å². The molecule has 0 atom stereocenters. The first kappa shape index (κ1) is 24.4. The standard InChI is InChI=1S/C23H23Cl2N3O5/c1-23(2,3)33-22(31)26-12-13-32-20-18(21(29)30)27-28(17-7-5-4-6-16(17)25)19(20)14-8-10-15(24)11-9-14/h4-11H,12-13H2,1-3H3,(H,26,31)(H,29,30). The first-order valence-corrected chi connectivity index (χ1v) is 10.8. The van der Waals surface area contributed by atoms with Gasteiger partial charge >= 0.3 is 12.1 Å². The summed E-state index contributed by atoms with van der Waals surface area (Å²) in [5, 5.41) is 17.5. The Morgan fingerprint density at radius 3 is 2.36 bits per heavy atom. The van der Waals surface area contributed by atoms with Crippen molar-refractivity contribution in [2.75, 3.05) is 13.2 Å². The summed E-state index contributed by atoms with van der Waals surface area (Å²) in [6, 6.07) is 13.7. The Hall–Kier alpha value is -3.23. The van der Waals surface area contributed by atoms with Gasteiger partial charge < -0.3 is 19.9 Å². The number of carbonyl (C=O) groups excluding carboxylic acids is 1. The van der Waals surface area contributed by atoms with Crippen LogP contribution < -0.4 is 10.1 Å². The Morgan fingerprint density at radius 2 is 1.76 bits per heavy atom. The average Bonchev–Trinajstić information content (AvgIpc) is 3.10. The number of para-hydroxylation sites is 1. The van der Waals surface area contributed by atoms with Crippen LogP contribution in [-0.4, -0.2) is 45.7 Å². The van der Waals surface area contributed by atoms with Gasteiger partial charge in [0.25, 0.3) is 0 Å². The molecule has 3 rings (SSSR count). The number of nitrogens with zero attached hydrogens (tertiary/aromatic N) is 2. The number of amides is 1. The van der Waals surface area contributed by atoms with E-state index in [1.807, 2.05) is 0 Å². The fourth-order valence-electron chi connectivity index (χ4n) is 2.96. The fourth-order valence-corrected chi connectivity index (χ4v) is 3.30. The molecule has 0 unspecified atom stereocenters. The van der Waals surface area contributed by atoms with E-state index in [0.717, 1.165) is 0 Å². The molecule has 33 heavy (non-hydrogen) atoms. The molecule has 8 nitrogen and oxygen atoms in total. The topological polar surface area (TPSA) is 103 Å². The summed E-state index contributed by atoms with van der Waals surface area (Å²) in [5.41, 5.74) is 0.550. The highest BCUT2D eigenvalue weighted by Crippen LogP contribution is 2.37. The van der Waals surface area contributed by atoms with Gasteiger partial charge in [-0.05, 0) is 45.0 Å². The van der Waals surface area contributed by atoms with Crippen molar-refractivity contribution in [3.05, 3.63) is 64.3 Å². The van der Waals surface area contributed by atoms with Crippen molar-refractivity contribution >= 4 is 35.3 Å². The van der Waals surface area contributed by atoms with Gasteiger partial charge in [-0.3, -0.25) is 0 Å². The molecule has 0 radical (unpaired) electrons. The molecule has 0 bridgehead atoms. The van der Waals surface area contributed by atoms with Gasteiger partial charge in [0.15, 0.2) is 5.75 Å².